The second-order valence-corrected chi connectivity index (χ2v) is 6.77. The third-order valence-electron chi connectivity index (χ3n) is 4.99. The Morgan fingerprint density at radius 2 is 1.90 bits per heavy atom. The first-order chi connectivity index (χ1) is 10.2. The molecule has 0 spiro atoms. The van der Waals surface area contributed by atoms with Gasteiger partial charge in [-0.3, -0.25) is 4.98 Å². The van der Waals surface area contributed by atoms with Crippen molar-refractivity contribution in [1.82, 2.24) is 4.98 Å². The first kappa shape index (κ1) is 14.5. The van der Waals surface area contributed by atoms with Crippen molar-refractivity contribution in [3.63, 3.8) is 0 Å². The molecule has 0 atom stereocenters. The molecule has 1 saturated carbocycles. The van der Waals surface area contributed by atoms with Crippen molar-refractivity contribution in [2.45, 2.75) is 57.4 Å². The van der Waals surface area contributed by atoms with Crippen molar-refractivity contribution in [1.29, 1.82) is 0 Å². The van der Waals surface area contributed by atoms with Crippen LogP contribution in [0.25, 0.3) is 10.9 Å². The van der Waals surface area contributed by atoms with E-state index in [0.29, 0.717) is 0 Å². The zero-order valence-electron chi connectivity index (χ0n) is 13.0. The molecular weight excluding hydrogens is 256 g/mol. The van der Waals surface area contributed by atoms with Gasteiger partial charge in [-0.05, 0) is 43.7 Å². The summed E-state index contributed by atoms with van der Waals surface area (Å²) in [7, 11) is 0. The van der Waals surface area contributed by atoms with Crippen molar-refractivity contribution in [3.8, 4) is 0 Å². The molecule has 0 radical (unpaired) electrons. The highest BCUT2D eigenvalue weighted by Crippen LogP contribution is 2.34. The number of hydrogen-bond donors (Lipinski definition) is 1. The SMILES string of the molecule is CCCC1CCC(N)(Cc2ccc3ccccc3n2)CC1. The molecule has 0 bridgehead atoms. The standard InChI is InChI=1S/C19H26N2/c1-2-5-15-10-12-19(20,13-11-15)14-17-9-8-16-6-3-4-7-18(16)21-17/h3-4,6-9,15H,2,5,10-14,20H2,1H3. The van der Waals surface area contributed by atoms with Gasteiger partial charge < -0.3 is 5.73 Å². The maximum Gasteiger partial charge on any atom is 0.0705 e. The van der Waals surface area contributed by atoms with Crippen LogP contribution in [0.1, 0.15) is 51.1 Å². The minimum Gasteiger partial charge on any atom is -0.325 e. The van der Waals surface area contributed by atoms with Gasteiger partial charge in [0.25, 0.3) is 0 Å². The third kappa shape index (κ3) is 3.44. The first-order valence-corrected chi connectivity index (χ1v) is 8.32. The molecule has 2 heteroatoms. The van der Waals surface area contributed by atoms with E-state index in [0.717, 1.165) is 36.4 Å². The van der Waals surface area contributed by atoms with Crippen LogP contribution >= 0.6 is 0 Å². The third-order valence-corrected chi connectivity index (χ3v) is 4.99. The molecule has 2 N–H and O–H groups in total. The quantitative estimate of drug-likeness (QED) is 0.899. The van der Waals surface area contributed by atoms with Gasteiger partial charge in [0.15, 0.2) is 0 Å². The summed E-state index contributed by atoms with van der Waals surface area (Å²) in [5.74, 6) is 0.899. The second kappa shape index (κ2) is 6.15. The smallest absolute Gasteiger partial charge is 0.0705 e. The van der Waals surface area contributed by atoms with Gasteiger partial charge in [-0.2, -0.15) is 0 Å². The van der Waals surface area contributed by atoms with Gasteiger partial charge in [-0.15, -0.1) is 0 Å². The number of rotatable bonds is 4. The lowest BCUT2D eigenvalue weighted by Gasteiger charge is -2.37. The molecule has 1 aromatic carbocycles. The molecule has 1 aromatic heterocycles. The Labute approximate surface area is 127 Å². The van der Waals surface area contributed by atoms with Gasteiger partial charge in [0.05, 0.1) is 5.52 Å². The Balaban J connectivity index is 1.70. The van der Waals surface area contributed by atoms with E-state index in [-0.39, 0.29) is 5.54 Å². The zero-order chi connectivity index (χ0) is 14.7. The lowest BCUT2D eigenvalue weighted by atomic mass is 9.73. The van der Waals surface area contributed by atoms with Crippen LogP contribution in [0.2, 0.25) is 0 Å². The lowest BCUT2D eigenvalue weighted by molar-refractivity contribution is 0.222. The number of pyridine rings is 1. The molecule has 2 nitrogen and oxygen atoms in total. The largest absolute Gasteiger partial charge is 0.325 e. The summed E-state index contributed by atoms with van der Waals surface area (Å²) in [4.78, 5) is 4.79. The molecule has 3 rings (SSSR count). The van der Waals surface area contributed by atoms with Crippen LogP contribution in [0.3, 0.4) is 0 Å². The molecule has 21 heavy (non-hydrogen) atoms. The summed E-state index contributed by atoms with van der Waals surface area (Å²) in [6.07, 6.45) is 8.45. The van der Waals surface area contributed by atoms with Crippen molar-refractivity contribution < 1.29 is 0 Å². The van der Waals surface area contributed by atoms with E-state index in [4.69, 9.17) is 10.7 Å². The van der Waals surface area contributed by atoms with Gasteiger partial charge in [0, 0.05) is 23.0 Å². The highest BCUT2D eigenvalue weighted by atomic mass is 14.8. The van der Waals surface area contributed by atoms with Crippen LogP contribution in [0, 0.1) is 5.92 Å². The molecule has 0 saturated heterocycles. The van der Waals surface area contributed by atoms with Crippen LogP contribution in [-0.2, 0) is 6.42 Å². The molecule has 0 aliphatic heterocycles. The summed E-state index contributed by atoms with van der Waals surface area (Å²) < 4.78 is 0. The number of benzene rings is 1. The minimum absolute atomic E-state index is 0.0420. The van der Waals surface area contributed by atoms with Gasteiger partial charge in [-0.1, -0.05) is 44.0 Å². The summed E-state index contributed by atoms with van der Waals surface area (Å²) in [5, 5.41) is 1.21. The number of nitrogens with zero attached hydrogens (tertiary/aromatic N) is 1. The van der Waals surface area contributed by atoms with Crippen molar-refractivity contribution in [3.05, 3.63) is 42.1 Å². The van der Waals surface area contributed by atoms with E-state index in [1.165, 1.54) is 31.1 Å². The summed E-state index contributed by atoms with van der Waals surface area (Å²) >= 11 is 0. The fraction of sp³-hybridized carbons (Fsp3) is 0.526. The number of fused-ring (bicyclic) bond motifs is 1. The number of nitrogens with two attached hydrogens (primary N) is 1. The van der Waals surface area contributed by atoms with E-state index in [1.54, 1.807) is 0 Å². The zero-order valence-corrected chi connectivity index (χ0v) is 13.0. The molecule has 1 fully saturated rings. The molecule has 0 amide bonds. The average Bonchev–Trinajstić information content (AvgIpc) is 2.50. The number of aromatic nitrogens is 1. The molecule has 2 aromatic rings. The molecule has 0 unspecified atom stereocenters. The summed E-state index contributed by atoms with van der Waals surface area (Å²) in [6.45, 7) is 2.28. The van der Waals surface area contributed by atoms with Gasteiger partial charge in [-0.25, -0.2) is 0 Å². The molecule has 1 aliphatic rings. The van der Waals surface area contributed by atoms with E-state index in [9.17, 15) is 0 Å². The first-order valence-electron chi connectivity index (χ1n) is 8.32. The van der Waals surface area contributed by atoms with Crippen LogP contribution < -0.4 is 5.73 Å². The number of para-hydroxylation sites is 1. The van der Waals surface area contributed by atoms with Crippen LogP contribution in [0.5, 0.6) is 0 Å². The molecule has 1 heterocycles. The highest BCUT2D eigenvalue weighted by Gasteiger charge is 2.31. The van der Waals surface area contributed by atoms with E-state index in [2.05, 4.69) is 37.3 Å². The van der Waals surface area contributed by atoms with Crippen LogP contribution in [0.4, 0.5) is 0 Å². The summed E-state index contributed by atoms with van der Waals surface area (Å²) in [5.41, 5.74) is 8.84. The topological polar surface area (TPSA) is 38.9 Å². The maximum atomic E-state index is 6.65. The van der Waals surface area contributed by atoms with Gasteiger partial charge >= 0.3 is 0 Å². The van der Waals surface area contributed by atoms with Crippen molar-refractivity contribution in [2.24, 2.45) is 11.7 Å². The molecule has 1 aliphatic carbocycles. The molecular formula is C19H26N2. The van der Waals surface area contributed by atoms with E-state index in [1.807, 2.05) is 6.07 Å². The van der Waals surface area contributed by atoms with Crippen molar-refractivity contribution >= 4 is 10.9 Å². The fourth-order valence-electron chi connectivity index (χ4n) is 3.69. The summed E-state index contributed by atoms with van der Waals surface area (Å²) in [6, 6.07) is 12.6. The van der Waals surface area contributed by atoms with Gasteiger partial charge in [0.2, 0.25) is 0 Å². The number of hydrogen-bond acceptors (Lipinski definition) is 2. The van der Waals surface area contributed by atoms with Crippen LogP contribution in [-0.4, -0.2) is 10.5 Å². The molecule has 112 valence electrons. The predicted octanol–water partition coefficient (Wildman–Crippen LogP) is 4.47. The Morgan fingerprint density at radius 1 is 1.14 bits per heavy atom. The highest BCUT2D eigenvalue weighted by molar-refractivity contribution is 5.78. The Kier molecular flexibility index (Phi) is 4.25. The minimum atomic E-state index is -0.0420. The van der Waals surface area contributed by atoms with Gasteiger partial charge in [0.1, 0.15) is 0 Å². The Hall–Kier alpha value is -1.41. The van der Waals surface area contributed by atoms with Crippen molar-refractivity contribution in [2.75, 3.05) is 0 Å². The normalized spacial score (nSPS) is 26.1. The Morgan fingerprint density at radius 3 is 2.67 bits per heavy atom. The monoisotopic (exact) mass is 282 g/mol. The fourth-order valence-corrected chi connectivity index (χ4v) is 3.69. The van der Waals surface area contributed by atoms with Crippen LogP contribution in [0.15, 0.2) is 36.4 Å². The average molecular weight is 282 g/mol. The van der Waals surface area contributed by atoms with E-state index >= 15 is 0 Å². The maximum absolute atomic E-state index is 6.65. The Bertz CT molecular complexity index is 597. The lowest BCUT2D eigenvalue weighted by Crippen LogP contribution is -2.45. The van der Waals surface area contributed by atoms with E-state index < -0.39 is 0 Å². The second-order valence-electron chi connectivity index (χ2n) is 6.77. The predicted molar refractivity (Wildman–Crippen MR) is 89.2 cm³/mol.